The summed E-state index contributed by atoms with van der Waals surface area (Å²) in [5.74, 6) is 0. The fraction of sp³-hybridized carbons (Fsp3) is 0.278. The van der Waals surface area contributed by atoms with Gasteiger partial charge in [-0.3, -0.25) is 4.90 Å². The lowest BCUT2D eigenvalue weighted by Crippen LogP contribution is -2.32. The van der Waals surface area contributed by atoms with Gasteiger partial charge in [-0.05, 0) is 17.5 Å². The third kappa shape index (κ3) is 3.94. The lowest BCUT2D eigenvalue weighted by atomic mass is 10.1. The lowest BCUT2D eigenvalue weighted by molar-refractivity contribution is 0.211. The molecule has 0 spiro atoms. The number of nitriles is 1. The van der Waals surface area contributed by atoms with Crippen molar-refractivity contribution in [3.8, 4) is 6.07 Å². The first-order valence-electron chi connectivity index (χ1n) is 7.05. The van der Waals surface area contributed by atoms with Crippen molar-refractivity contribution in [1.29, 1.82) is 5.26 Å². The first-order valence-corrected chi connectivity index (χ1v) is 7.05. The van der Waals surface area contributed by atoms with E-state index in [9.17, 15) is 5.26 Å². The van der Waals surface area contributed by atoms with Crippen LogP contribution in [0.3, 0.4) is 0 Å². The Hall–Kier alpha value is -2.11. The molecule has 0 fully saturated rings. The van der Waals surface area contributed by atoms with E-state index in [-0.39, 0.29) is 6.04 Å². The maximum atomic E-state index is 9.36. The molecule has 0 saturated heterocycles. The zero-order valence-corrected chi connectivity index (χ0v) is 11.9. The van der Waals surface area contributed by atoms with Crippen molar-refractivity contribution in [2.24, 2.45) is 0 Å². The Morgan fingerprint density at radius 2 is 1.35 bits per heavy atom. The van der Waals surface area contributed by atoms with Gasteiger partial charge in [0.05, 0.1) is 12.1 Å². The van der Waals surface area contributed by atoms with Gasteiger partial charge in [0, 0.05) is 13.1 Å². The van der Waals surface area contributed by atoms with E-state index in [1.54, 1.807) is 0 Å². The van der Waals surface area contributed by atoms with Crippen LogP contribution in [-0.2, 0) is 13.1 Å². The SMILES string of the molecule is CCC(C#N)N(Cc1ccccc1)Cc1ccccc1. The largest absolute Gasteiger partial charge is 0.279 e. The Labute approximate surface area is 121 Å². The third-order valence-corrected chi connectivity index (χ3v) is 3.43. The van der Waals surface area contributed by atoms with E-state index in [1.807, 2.05) is 36.4 Å². The van der Waals surface area contributed by atoms with Crippen molar-refractivity contribution in [3.05, 3.63) is 71.8 Å². The van der Waals surface area contributed by atoms with E-state index < -0.39 is 0 Å². The van der Waals surface area contributed by atoms with Crippen LogP contribution in [0.25, 0.3) is 0 Å². The van der Waals surface area contributed by atoms with E-state index in [0.717, 1.165) is 19.5 Å². The molecule has 0 radical (unpaired) electrons. The minimum atomic E-state index is -0.0459. The Bertz CT molecular complexity index is 501. The quantitative estimate of drug-likeness (QED) is 0.788. The molecule has 0 heterocycles. The fourth-order valence-corrected chi connectivity index (χ4v) is 2.34. The summed E-state index contributed by atoms with van der Waals surface area (Å²) in [5, 5.41) is 9.36. The molecule has 2 rings (SSSR count). The molecular formula is C18H20N2. The van der Waals surface area contributed by atoms with Gasteiger partial charge in [0.25, 0.3) is 0 Å². The Kier molecular flexibility index (Phi) is 5.34. The van der Waals surface area contributed by atoms with Gasteiger partial charge in [0.15, 0.2) is 0 Å². The van der Waals surface area contributed by atoms with Gasteiger partial charge in [-0.25, -0.2) is 0 Å². The molecule has 0 aromatic heterocycles. The Balaban J connectivity index is 2.15. The van der Waals surface area contributed by atoms with E-state index >= 15 is 0 Å². The average Bonchev–Trinajstić information content (AvgIpc) is 2.50. The zero-order valence-electron chi connectivity index (χ0n) is 11.9. The highest BCUT2D eigenvalue weighted by Crippen LogP contribution is 2.14. The smallest absolute Gasteiger partial charge is 0.0981 e. The molecule has 0 aliphatic rings. The zero-order chi connectivity index (χ0) is 14.2. The van der Waals surface area contributed by atoms with Crippen LogP contribution in [0.15, 0.2) is 60.7 Å². The first-order chi connectivity index (χ1) is 9.83. The van der Waals surface area contributed by atoms with Gasteiger partial charge >= 0.3 is 0 Å². The van der Waals surface area contributed by atoms with Gasteiger partial charge in [0.1, 0.15) is 0 Å². The molecule has 0 amide bonds. The lowest BCUT2D eigenvalue weighted by Gasteiger charge is -2.26. The van der Waals surface area contributed by atoms with Crippen LogP contribution in [0.4, 0.5) is 0 Å². The molecule has 0 N–H and O–H groups in total. The van der Waals surface area contributed by atoms with Gasteiger partial charge < -0.3 is 0 Å². The minimum absolute atomic E-state index is 0.0459. The maximum Gasteiger partial charge on any atom is 0.0981 e. The molecule has 2 heteroatoms. The normalized spacial score (nSPS) is 12.1. The molecular weight excluding hydrogens is 244 g/mol. The van der Waals surface area contributed by atoms with Crippen LogP contribution >= 0.6 is 0 Å². The van der Waals surface area contributed by atoms with Crippen LogP contribution in [-0.4, -0.2) is 10.9 Å². The van der Waals surface area contributed by atoms with E-state index in [4.69, 9.17) is 0 Å². The molecule has 102 valence electrons. The van der Waals surface area contributed by atoms with Crippen molar-refractivity contribution >= 4 is 0 Å². The summed E-state index contributed by atoms with van der Waals surface area (Å²) < 4.78 is 0. The summed E-state index contributed by atoms with van der Waals surface area (Å²) >= 11 is 0. The number of benzene rings is 2. The molecule has 2 aromatic rings. The highest BCUT2D eigenvalue weighted by Gasteiger charge is 2.16. The second kappa shape index (κ2) is 7.47. The molecule has 20 heavy (non-hydrogen) atoms. The predicted molar refractivity (Wildman–Crippen MR) is 81.8 cm³/mol. The topological polar surface area (TPSA) is 27.0 Å². The Morgan fingerprint density at radius 3 is 1.70 bits per heavy atom. The standard InChI is InChI=1S/C18H20N2/c1-2-18(13-19)20(14-16-9-5-3-6-10-16)15-17-11-7-4-8-12-17/h3-12,18H,2,14-15H2,1H3. The van der Waals surface area contributed by atoms with E-state index in [0.29, 0.717) is 0 Å². The highest BCUT2D eigenvalue weighted by molar-refractivity contribution is 5.18. The van der Waals surface area contributed by atoms with Gasteiger partial charge in [0.2, 0.25) is 0 Å². The second-order valence-corrected chi connectivity index (χ2v) is 4.93. The second-order valence-electron chi connectivity index (χ2n) is 4.93. The molecule has 0 bridgehead atoms. The summed E-state index contributed by atoms with van der Waals surface area (Å²) in [7, 11) is 0. The summed E-state index contributed by atoms with van der Waals surface area (Å²) in [6.45, 7) is 3.68. The first kappa shape index (κ1) is 14.3. The predicted octanol–water partition coefficient (Wildman–Crippen LogP) is 3.99. The monoisotopic (exact) mass is 264 g/mol. The molecule has 2 nitrogen and oxygen atoms in total. The van der Waals surface area contributed by atoms with Crippen molar-refractivity contribution in [1.82, 2.24) is 4.90 Å². The third-order valence-electron chi connectivity index (χ3n) is 3.43. The van der Waals surface area contributed by atoms with Gasteiger partial charge in [-0.15, -0.1) is 0 Å². The highest BCUT2D eigenvalue weighted by atomic mass is 15.1. The van der Waals surface area contributed by atoms with E-state index in [2.05, 4.69) is 42.2 Å². The van der Waals surface area contributed by atoms with Crippen LogP contribution in [0.5, 0.6) is 0 Å². The van der Waals surface area contributed by atoms with Crippen molar-refractivity contribution in [3.63, 3.8) is 0 Å². The summed E-state index contributed by atoms with van der Waals surface area (Å²) in [6.07, 6.45) is 0.843. The molecule has 0 saturated carbocycles. The van der Waals surface area contributed by atoms with Crippen LogP contribution < -0.4 is 0 Å². The average molecular weight is 264 g/mol. The van der Waals surface area contributed by atoms with Crippen LogP contribution in [0, 0.1) is 11.3 Å². The molecule has 2 aromatic carbocycles. The number of nitrogens with zero attached hydrogens (tertiary/aromatic N) is 2. The van der Waals surface area contributed by atoms with Crippen molar-refractivity contribution < 1.29 is 0 Å². The number of hydrogen-bond donors (Lipinski definition) is 0. The summed E-state index contributed by atoms with van der Waals surface area (Å²) in [6, 6.07) is 23.0. The number of rotatable bonds is 6. The van der Waals surface area contributed by atoms with E-state index in [1.165, 1.54) is 11.1 Å². The minimum Gasteiger partial charge on any atom is -0.279 e. The fourth-order valence-electron chi connectivity index (χ4n) is 2.34. The maximum absolute atomic E-state index is 9.36. The van der Waals surface area contributed by atoms with Crippen LogP contribution in [0.1, 0.15) is 24.5 Å². The molecule has 1 atom stereocenters. The summed E-state index contributed by atoms with van der Waals surface area (Å²) in [5.41, 5.74) is 2.49. The number of hydrogen-bond acceptors (Lipinski definition) is 2. The van der Waals surface area contributed by atoms with Crippen molar-refractivity contribution in [2.75, 3.05) is 0 Å². The molecule has 0 aliphatic carbocycles. The van der Waals surface area contributed by atoms with Gasteiger partial charge in [-0.1, -0.05) is 67.6 Å². The van der Waals surface area contributed by atoms with Crippen molar-refractivity contribution in [2.45, 2.75) is 32.5 Å². The van der Waals surface area contributed by atoms with Crippen LogP contribution in [0.2, 0.25) is 0 Å². The molecule has 0 aliphatic heterocycles. The summed E-state index contributed by atoms with van der Waals surface area (Å²) in [4.78, 5) is 2.24. The van der Waals surface area contributed by atoms with Gasteiger partial charge in [-0.2, -0.15) is 5.26 Å². The molecule has 1 unspecified atom stereocenters. The Morgan fingerprint density at radius 1 is 0.900 bits per heavy atom.